The van der Waals surface area contributed by atoms with E-state index in [0.29, 0.717) is 11.1 Å². The van der Waals surface area contributed by atoms with E-state index < -0.39 is 5.92 Å². The minimum Gasteiger partial charge on any atom is -0.293 e. The normalized spacial score (nSPS) is 14.1. The van der Waals surface area contributed by atoms with Crippen molar-refractivity contribution in [3.05, 3.63) is 69.4 Å². The van der Waals surface area contributed by atoms with Crippen molar-refractivity contribution in [1.82, 2.24) is 0 Å². The highest BCUT2D eigenvalue weighted by atomic mass is 32.1. The van der Waals surface area contributed by atoms with Crippen molar-refractivity contribution in [3.63, 3.8) is 0 Å². The van der Waals surface area contributed by atoms with Gasteiger partial charge >= 0.3 is 0 Å². The minimum absolute atomic E-state index is 0.0602. The molecule has 1 aliphatic carbocycles. The number of hydrogen-bond donors (Lipinski definition) is 0. The zero-order valence-electron chi connectivity index (χ0n) is 15.4. The van der Waals surface area contributed by atoms with Crippen LogP contribution in [0, 0.1) is 0 Å². The Morgan fingerprint density at radius 2 is 1.63 bits per heavy atom. The van der Waals surface area contributed by atoms with E-state index in [1.807, 2.05) is 18.2 Å². The average molecular weight is 395 g/mol. The molecule has 1 aromatic carbocycles. The number of rotatable bonds is 7. The predicted molar refractivity (Wildman–Crippen MR) is 113 cm³/mol. The second-order valence-electron chi connectivity index (χ2n) is 6.99. The molecule has 4 rings (SSSR count). The van der Waals surface area contributed by atoms with Gasteiger partial charge in [-0.1, -0.05) is 50.5 Å². The van der Waals surface area contributed by atoms with Crippen LogP contribution in [0.5, 0.6) is 0 Å². The maximum Gasteiger partial charge on any atom is 0.179 e. The third-order valence-electron chi connectivity index (χ3n) is 5.16. The molecular weight excluding hydrogens is 372 g/mol. The van der Waals surface area contributed by atoms with E-state index in [2.05, 4.69) is 24.4 Å². The average Bonchev–Trinajstić information content (AvgIpc) is 3.39. The molecule has 0 aliphatic heterocycles. The number of carbonyl (C=O) groups excluding carboxylic acids is 2. The summed E-state index contributed by atoms with van der Waals surface area (Å²) in [4.78, 5) is 28.8. The zero-order chi connectivity index (χ0) is 18.8. The first-order valence-electron chi connectivity index (χ1n) is 9.54. The van der Waals surface area contributed by atoms with Gasteiger partial charge in [-0.2, -0.15) is 0 Å². The molecule has 27 heavy (non-hydrogen) atoms. The fourth-order valence-corrected chi connectivity index (χ4v) is 5.95. The number of fused-ring (bicyclic) bond motifs is 1. The van der Waals surface area contributed by atoms with Crippen LogP contribution in [0.25, 0.3) is 9.75 Å². The first kappa shape index (κ1) is 18.3. The zero-order valence-corrected chi connectivity index (χ0v) is 17.0. The number of ketones is 2. The monoisotopic (exact) mass is 394 g/mol. The van der Waals surface area contributed by atoms with Crippen LogP contribution in [0.15, 0.2) is 47.8 Å². The number of aryl methyl sites for hydroxylation is 1. The van der Waals surface area contributed by atoms with Gasteiger partial charge in [-0.3, -0.25) is 9.59 Å². The van der Waals surface area contributed by atoms with Gasteiger partial charge in [0, 0.05) is 25.8 Å². The van der Waals surface area contributed by atoms with E-state index in [4.69, 9.17) is 0 Å². The van der Waals surface area contributed by atoms with Gasteiger partial charge in [0.05, 0.1) is 0 Å². The molecule has 0 saturated heterocycles. The van der Waals surface area contributed by atoms with Crippen LogP contribution in [0.2, 0.25) is 0 Å². The number of thiophene rings is 2. The Balaban J connectivity index is 1.56. The lowest BCUT2D eigenvalue weighted by atomic mass is 10.0. The molecule has 0 spiro atoms. The Kier molecular flexibility index (Phi) is 5.37. The first-order valence-corrected chi connectivity index (χ1v) is 11.2. The maximum atomic E-state index is 12.8. The standard InChI is InChI=1S/C23H22O2S2/c1-2-3-4-5-8-15-13-14-26-23(15)19-12-11-18(27-19)20-21(24)16-9-6-7-10-17(16)22(20)25/h6-7,9-14,20H,2-5,8H2,1H3. The molecule has 1 aliphatic rings. The summed E-state index contributed by atoms with van der Waals surface area (Å²) in [6.07, 6.45) is 6.11. The number of benzene rings is 1. The molecule has 0 atom stereocenters. The van der Waals surface area contributed by atoms with E-state index in [1.54, 1.807) is 34.8 Å². The lowest BCUT2D eigenvalue weighted by molar-refractivity contribution is 0.0892. The van der Waals surface area contributed by atoms with Crippen LogP contribution in [-0.4, -0.2) is 11.6 Å². The summed E-state index contributed by atoms with van der Waals surface area (Å²) in [5.41, 5.74) is 2.52. The number of unbranched alkanes of at least 4 members (excludes halogenated alkanes) is 3. The summed E-state index contributed by atoms with van der Waals surface area (Å²) in [7, 11) is 0. The number of Topliss-reactive ketones (excluding diaryl/α,β-unsaturated/α-hetero) is 2. The molecule has 0 amide bonds. The van der Waals surface area contributed by atoms with Gasteiger partial charge in [0.25, 0.3) is 0 Å². The third kappa shape index (κ3) is 3.44. The molecule has 2 heterocycles. The van der Waals surface area contributed by atoms with Crippen LogP contribution in [0.4, 0.5) is 0 Å². The molecule has 0 N–H and O–H groups in total. The van der Waals surface area contributed by atoms with Gasteiger partial charge in [-0.25, -0.2) is 0 Å². The fraction of sp³-hybridized carbons (Fsp3) is 0.304. The Morgan fingerprint density at radius 1 is 0.889 bits per heavy atom. The molecule has 3 aromatic rings. The molecule has 0 bridgehead atoms. The van der Waals surface area contributed by atoms with Crippen LogP contribution >= 0.6 is 22.7 Å². The van der Waals surface area contributed by atoms with Crippen LogP contribution in [0.1, 0.15) is 69.7 Å². The van der Waals surface area contributed by atoms with E-state index in [0.717, 1.165) is 11.3 Å². The lowest BCUT2D eigenvalue weighted by Gasteiger charge is -2.04. The molecule has 0 fully saturated rings. The minimum atomic E-state index is -0.658. The van der Waals surface area contributed by atoms with Crippen molar-refractivity contribution in [2.24, 2.45) is 0 Å². The quantitative estimate of drug-likeness (QED) is 0.328. The van der Waals surface area contributed by atoms with E-state index in [-0.39, 0.29) is 11.6 Å². The summed E-state index contributed by atoms with van der Waals surface area (Å²) in [6, 6.07) is 13.4. The van der Waals surface area contributed by atoms with Gasteiger partial charge in [0.15, 0.2) is 11.6 Å². The van der Waals surface area contributed by atoms with Crippen molar-refractivity contribution in [2.75, 3.05) is 0 Å². The van der Waals surface area contributed by atoms with Crippen molar-refractivity contribution in [1.29, 1.82) is 0 Å². The van der Waals surface area contributed by atoms with E-state index >= 15 is 0 Å². The predicted octanol–water partition coefficient (Wildman–Crippen LogP) is 6.76. The second kappa shape index (κ2) is 7.91. The molecule has 0 unspecified atom stereocenters. The van der Waals surface area contributed by atoms with Crippen LogP contribution in [-0.2, 0) is 6.42 Å². The van der Waals surface area contributed by atoms with Gasteiger partial charge in [-0.15, -0.1) is 22.7 Å². The molecule has 0 saturated carbocycles. The van der Waals surface area contributed by atoms with Gasteiger partial charge in [0.1, 0.15) is 5.92 Å². The summed E-state index contributed by atoms with van der Waals surface area (Å²) >= 11 is 3.34. The molecular formula is C23H22O2S2. The summed E-state index contributed by atoms with van der Waals surface area (Å²) in [5.74, 6) is -0.779. The van der Waals surface area contributed by atoms with Crippen molar-refractivity contribution < 1.29 is 9.59 Å². The third-order valence-corrected chi connectivity index (χ3v) is 7.45. The largest absolute Gasteiger partial charge is 0.293 e. The molecule has 4 heteroatoms. The maximum absolute atomic E-state index is 12.8. The number of hydrogen-bond acceptors (Lipinski definition) is 4. The Morgan fingerprint density at radius 3 is 2.33 bits per heavy atom. The molecule has 2 aromatic heterocycles. The van der Waals surface area contributed by atoms with Crippen molar-refractivity contribution in [2.45, 2.75) is 44.9 Å². The lowest BCUT2D eigenvalue weighted by Crippen LogP contribution is -2.10. The van der Waals surface area contributed by atoms with Gasteiger partial charge in [-0.05, 0) is 42.0 Å². The first-order chi connectivity index (χ1) is 13.2. The summed E-state index contributed by atoms with van der Waals surface area (Å²) < 4.78 is 0. The Labute approximate surface area is 167 Å². The highest BCUT2D eigenvalue weighted by Crippen LogP contribution is 2.41. The van der Waals surface area contributed by atoms with E-state index in [9.17, 15) is 9.59 Å². The topological polar surface area (TPSA) is 34.1 Å². The Hall–Kier alpha value is -2.04. The van der Waals surface area contributed by atoms with Gasteiger partial charge in [0.2, 0.25) is 0 Å². The SMILES string of the molecule is CCCCCCc1ccsc1-c1ccc(C2C(=O)c3ccccc3C2=O)s1. The molecule has 2 nitrogen and oxygen atoms in total. The Bertz CT molecular complexity index is 945. The van der Waals surface area contributed by atoms with Crippen molar-refractivity contribution in [3.8, 4) is 9.75 Å². The van der Waals surface area contributed by atoms with E-state index in [1.165, 1.54) is 41.0 Å². The summed E-state index contributed by atoms with van der Waals surface area (Å²) in [5, 5.41) is 2.14. The molecule has 138 valence electrons. The fourth-order valence-electron chi connectivity index (χ4n) is 3.72. The highest BCUT2D eigenvalue weighted by molar-refractivity contribution is 7.21. The van der Waals surface area contributed by atoms with Crippen LogP contribution < -0.4 is 0 Å². The second-order valence-corrected chi connectivity index (χ2v) is 9.03. The number of carbonyl (C=O) groups is 2. The smallest absolute Gasteiger partial charge is 0.179 e. The van der Waals surface area contributed by atoms with Crippen molar-refractivity contribution >= 4 is 34.2 Å². The van der Waals surface area contributed by atoms with Crippen LogP contribution in [0.3, 0.4) is 0 Å². The highest BCUT2D eigenvalue weighted by Gasteiger charge is 2.40. The molecule has 0 radical (unpaired) electrons. The summed E-state index contributed by atoms with van der Waals surface area (Å²) in [6.45, 7) is 2.23. The van der Waals surface area contributed by atoms with Gasteiger partial charge < -0.3 is 0 Å².